The number of carbonyl (C=O) groups excluding carboxylic acids is 1. The monoisotopic (exact) mass is 527 g/mol. The summed E-state index contributed by atoms with van der Waals surface area (Å²) in [5.41, 5.74) is 4.43. The molecule has 2 N–H and O–H groups in total. The van der Waals surface area contributed by atoms with Gasteiger partial charge in [0.05, 0.1) is 32.4 Å². The summed E-state index contributed by atoms with van der Waals surface area (Å²) in [4.78, 5) is 23.8. The van der Waals surface area contributed by atoms with Crippen LogP contribution in [0.2, 0.25) is 0 Å². The van der Waals surface area contributed by atoms with Crippen LogP contribution in [0.5, 0.6) is 11.5 Å². The third kappa shape index (κ3) is 5.82. The third-order valence-corrected chi connectivity index (χ3v) is 6.96. The van der Waals surface area contributed by atoms with Gasteiger partial charge in [-0.3, -0.25) is 0 Å². The number of esters is 1. The predicted octanol–water partition coefficient (Wildman–Crippen LogP) is 5.57. The maximum atomic E-state index is 11.7. The Morgan fingerprint density at radius 1 is 0.872 bits per heavy atom. The predicted molar refractivity (Wildman–Crippen MR) is 154 cm³/mol. The third-order valence-electron chi connectivity index (χ3n) is 6.96. The zero-order valence-electron chi connectivity index (χ0n) is 22.7. The molecule has 1 saturated heterocycles. The number of nitrogens with zero attached hydrogens (tertiary/aromatic N) is 3. The molecule has 5 rings (SSSR count). The van der Waals surface area contributed by atoms with E-state index in [4.69, 9.17) is 24.2 Å². The van der Waals surface area contributed by atoms with Crippen molar-refractivity contribution in [3.63, 3.8) is 0 Å². The fourth-order valence-electron chi connectivity index (χ4n) is 4.73. The van der Waals surface area contributed by atoms with Crippen LogP contribution in [0.4, 0.5) is 23.1 Å². The second-order valence-electron chi connectivity index (χ2n) is 9.56. The lowest BCUT2D eigenvalue weighted by Crippen LogP contribution is -2.40. The molecule has 0 spiro atoms. The van der Waals surface area contributed by atoms with Gasteiger partial charge < -0.3 is 29.7 Å². The number of methoxy groups -OCH3 is 3. The van der Waals surface area contributed by atoms with Crippen LogP contribution in [0.3, 0.4) is 0 Å². The molecule has 0 atom stereocenters. The van der Waals surface area contributed by atoms with Gasteiger partial charge >= 0.3 is 5.97 Å². The molecular formula is C30H33N5O4. The van der Waals surface area contributed by atoms with E-state index in [0.717, 1.165) is 48.2 Å². The van der Waals surface area contributed by atoms with E-state index >= 15 is 0 Å². The summed E-state index contributed by atoms with van der Waals surface area (Å²) in [6.07, 6.45) is 1.85. The lowest BCUT2D eigenvalue weighted by atomic mass is 10.0. The van der Waals surface area contributed by atoms with Crippen molar-refractivity contribution in [2.75, 3.05) is 50.0 Å². The highest BCUT2D eigenvalue weighted by atomic mass is 16.5. The van der Waals surface area contributed by atoms with Crippen molar-refractivity contribution < 1.29 is 19.0 Å². The molecule has 202 valence electrons. The number of hydrogen-bond donors (Lipinski definition) is 2. The molecular weight excluding hydrogens is 494 g/mol. The summed E-state index contributed by atoms with van der Waals surface area (Å²) in [5.74, 6) is 2.30. The summed E-state index contributed by atoms with van der Waals surface area (Å²) in [7, 11) is 4.63. The standard InChI is InChI=1S/C30H33N5O4/c1-19-5-9-22(10-6-19)32-28-24-17-26(37-2)27(38-3)18-25(24)33-30(34-28)35-15-13-23(14-16-35)31-21-11-7-20(8-12-21)29(36)39-4/h5-12,17-18,23,31H,13-16H2,1-4H3,(H,32,33,34). The minimum absolute atomic E-state index is 0.306. The summed E-state index contributed by atoms with van der Waals surface area (Å²) in [6, 6.07) is 19.7. The van der Waals surface area contributed by atoms with E-state index in [1.165, 1.54) is 12.7 Å². The average molecular weight is 528 g/mol. The first-order chi connectivity index (χ1) is 19.0. The van der Waals surface area contributed by atoms with E-state index in [0.29, 0.717) is 34.9 Å². The van der Waals surface area contributed by atoms with Crippen LogP contribution in [-0.4, -0.2) is 56.4 Å². The normalized spacial score (nSPS) is 13.7. The molecule has 0 amide bonds. The second kappa shape index (κ2) is 11.5. The highest BCUT2D eigenvalue weighted by molar-refractivity contribution is 5.94. The van der Waals surface area contributed by atoms with Gasteiger partial charge in [-0.1, -0.05) is 17.7 Å². The summed E-state index contributed by atoms with van der Waals surface area (Å²) < 4.78 is 15.9. The number of aromatic nitrogens is 2. The van der Waals surface area contributed by atoms with Gasteiger partial charge in [0, 0.05) is 42.0 Å². The minimum atomic E-state index is -0.336. The van der Waals surface area contributed by atoms with Crippen LogP contribution in [0.25, 0.3) is 10.9 Å². The highest BCUT2D eigenvalue weighted by Crippen LogP contribution is 2.36. The number of hydrogen-bond acceptors (Lipinski definition) is 9. The van der Waals surface area contributed by atoms with E-state index < -0.39 is 0 Å². The number of ether oxygens (including phenoxy) is 3. The molecule has 0 aliphatic carbocycles. The van der Waals surface area contributed by atoms with Gasteiger partial charge in [0.25, 0.3) is 0 Å². The van der Waals surface area contributed by atoms with E-state index in [-0.39, 0.29) is 5.97 Å². The Hall–Kier alpha value is -4.53. The molecule has 1 fully saturated rings. The van der Waals surface area contributed by atoms with Gasteiger partial charge in [-0.15, -0.1) is 0 Å². The topological polar surface area (TPSA) is 97.8 Å². The van der Waals surface area contributed by atoms with Crippen LogP contribution >= 0.6 is 0 Å². The van der Waals surface area contributed by atoms with E-state index in [1.807, 2.05) is 36.4 Å². The number of aryl methyl sites for hydroxylation is 1. The van der Waals surface area contributed by atoms with Gasteiger partial charge in [0.2, 0.25) is 5.95 Å². The quantitative estimate of drug-likeness (QED) is 0.285. The lowest BCUT2D eigenvalue weighted by molar-refractivity contribution is 0.0600. The molecule has 0 bridgehead atoms. The van der Waals surface area contributed by atoms with Crippen LogP contribution in [-0.2, 0) is 4.74 Å². The van der Waals surface area contributed by atoms with E-state index in [2.05, 4.69) is 34.6 Å². The molecule has 0 saturated carbocycles. The lowest BCUT2D eigenvalue weighted by Gasteiger charge is -2.33. The van der Waals surface area contributed by atoms with Crippen molar-refractivity contribution in [1.29, 1.82) is 0 Å². The van der Waals surface area contributed by atoms with Gasteiger partial charge in [0.1, 0.15) is 5.82 Å². The maximum absolute atomic E-state index is 11.7. The van der Waals surface area contributed by atoms with Gasteiger partial charge in [0.15, 0.2) is 11.5 Å². The summed E-state index contributed by atoms with van der Waals surface area (Å²) in [5, 5.41) is 7.91. The Morgan fingerprint density at radius 3 is 2.15 bits per heavy atom. The minimum Gasteiger partial charge on any atom is -0.493 e. The first kappa shape index (κ1) is 26.1. The van der Waals surface area contributed by atoms with Gasteiger partial charge in [-0.05, 0) is 62.2 Å². The molecule has 9 nitrogen and oxygen atoms in total. The Kier molecular flexibility index (Phi) is 7.67. The molecule has 1 aromatic heterocycles. The summed E-state index contributed by atoms with van der Waals surface area (Å²) in [6.45, 7) is 3.68. The largest absolute Gasteiger partial charge is 0.493 e. The Balaban J connectivity index is 1.36. The number of fused-ring (bicyclic) bond motifs is 1. The van der Waals surface area contributed by atoms with Crippen molar-refractivity contribution in [3.8, 4) is 11.5 Å². The van der Waals surface area contributed by atoms with Crippen LogP contribution in [0.15, 0.2) is 60.7 Å². The first-order valence-corrected chi connectivity index (χ1v) is 12.9. The fraction of sp³-hybridized carbons (Fsp3) is 0.300. The van der Waals surface area contributed by atoms with E-state index in [1.54, 1.807) is 26.4 Å². The number of nitrogens with one attached hydrogen (secondary N) is 2. The van der Waals surface area contributed by atoms with Gasteiger partial charge in [-0.25, -0.2) is 9.78 Å². The number of anilines is 4. The van der Waals surface area contributed by atoms with Crippen LogP contribution in [0, 0.1) is 6.92 Å². The Labute approximate surface area is 228 Å². The van der Waals surface area contributed by atoms with Crippen molar-refractivity contribution in [2.45, 2.75) is 25.8 Å². The molecule has 1 aliphatic heterocycles. The van der Waals surface area contributed by atoms with Crippen LogP contribution in [0.1, 0.15) is 28.8 Å². The Morgan fingerprint density at radius 2 is 1.51 bits per heavy atom. The van der Waals surface area contributed by atoms with Crippen molar-refractivity contribution in [3.05, 3.63) is 71.8 Å². The number of carbonyl (C=O) groups is 1. The number of benzene rings is 3. The molecule has 4 aromatic rings. The first-order valence-electron chi connectivity index (χ1n) is 12.9. The highest BCUT2D eigenvalue weighted by Gasteiger charge is 2.23. The Bertz CT molecular complexity index is 1450. The van der Waals surface area contributed by atoms with Crippen LogP contribution < -0.4 is 25.0 Å². The average Bonchev–Trinajstić information content (AvgIpc) is 2.98. The molecule has 39 heavy (non-hydrogen) atoms. The van der Waals surface area contributed by atoms with Crippen molar-refractivity contribution >= 4 is 40.0 Å². The summed E-state index contributed by atoms with van der Waals surface area (Å²) >= 11 is 0. The fourth-order valence-corrected chi connectivity index (χ4v) is 4.73. The van der Waals surface area contributed by atoms with E-state index in [9.17, 15) is 4.79 Å². The SMILES string of the molecule is COC(=O)c1ccc(NC2CCN(c3nc(Nc4ccc(C)cc4)c4cc(OC)c(OC)cc4n3)CC2)cc1. The zero-order chi connectivity index (χ0) is 27.4. The molecule has 0 unspecified atom stereocenters. The van der Waals surface area contributed by atoms with Crippen molar-refractivity contribution in [1.82, 2.24) is 9.97 Å². The van der Waals surface area contributed by atoms with Crippen molar-refractivity contribution in [2.24, 2.45) is 0 Å². The second-order valence-corrected chi connectivity index (χ2v) is 9.56. The molecule has 0 radical (unpaired) electrons. The molecule has 1 aliphatic rings. The molecule has 2 heterocycles. The number of rotatable bonds is 8. The van der Waals surface area contributed by atoms with Gasteiger partial charge in [-0.2, -0.15) is 4.98 Å². The molecule has 9 heteroatoms. The zero-order valence-corrected chi connectivity index (χ0v) is 22.7. The smallest absolute Gasteiger partial charge is 0.337 e. The maximum Gasteiger partial charge on any atom is 0.337 e. The number of piperidine rings is 1. The molecule has 3 aromatic carbocycles.